The van der Waals surface area contributed by atoms with E-state index in [1.165, 1.54) is 6.08 Å². The minimum atomic E-state index is -0.804. The molecule has 1 aromatic heterocycles. The van der Waals surface area contributed by atoms with Crippen LogP contribution < -0.4 is 5.32 Å². The smallest absolute Gasteiger partial charge is 0.412 e. The normalized spacial score (nSPS) is 19.3. The highest BCUT2D eigenvalue weighted by atomic mass is 16.6. The molecule has 0 saturated carbocycles. The van der Waals surface area contributed by atoms with Crippen LogP contribution in [0.1, 0.15) is 20.7 Å². The lowest BCUT2D eigenvalue weighted by Gasteiger charge is -2.12. The van der Waals surface area contributed by atoms with Crippen molar-refractivity contribution < 1.29 is 23.9 Å². The standard InChI is InChI=1S/C15H14N2O5/c1-2-3-21-15(20)16-12-4-13(18)10-6-17(5-9-8-22-9)7-11(10)14(12)19/h2,4,6-7,9H,1,3,5,8H2,(H,16,20). The molecule has 1 aliphatic carbocycles. The van der Waals surface area contributed by atoms with E-state index in [9.17, 15) is 14.4 Å². The number of amides is 1. The van der Waals surface area contributed by atoms with Crippen LogP contribution in [0.4, 0.5) is 4.79 Å². The molecule has 1 atom stereocenters. The molecule has 114 valence electrons. The molecule has 1 amide bonds. The lowest BCUT2D eigenvalue weighted by atomic mass is 9.97. The van der Waals surface area contributed by atoms with E-state index in [0.717, 1.165) is 6.08 Å². The number of ketones is 2. The first-order chi connectivity index (χ1) is 10.6. The zero-order valence-corrected chi connectivity index (χ0v) is 11.7. The third-order valence-electron chi connectivity index (χ3n) is 3.30. The summed E-state index contributed by atoms with van der Waals surface area (Å²) in [6.45, 7) is 4.71. The summed E-state index contributed by atoms with van der Waals surface area (Å²) in [5, 5.41) is 2.28. The fourth-order valence-corrected chi connectivity index (χ4v) is 2.19. The van der Waals surface area contributed by atoms with Crippen LogP contribution in [0.2, 0.25) is 0 Å². The number of aromatic nitrogens is 1. The van der Waals surface area contributed by atoms with Crippen molar-refractivity contribution in [2.24, 2.45) is 0 Å². The van der Waals surface area contributed by atoms with Gasteiger partial charge in [-0.1, -0.05) is 12.7 Å². The Morgan fingerprint density at radius 1 is 1.45 bits per heavy atom. The number of nitrogens with zero attached hydrogens (tertiary/aromatic N) is 1. The molecule has 3 rings (SSSR count). The molecule has 1 saturated heterocycles. The van der Waals surface area contributed by atoms with Crippen LogP contribution in [0.15, 0.2) is 36.8 Å². The Hall–Kier alpha value is -2.67. The maximum absolute atomic E-state index is 12.3. The maximum Gasteiger partial charge on any atom is 0.412 e. The van der Waals surface area contributed by atoms with Gasteiger partial charge in [-0.15, -0.1) is 0 Å². The van der Waals surface area contributed by atoms with Crippen molar-refractivity contribution >= 4 is 17.7 Å². The average Bonchev–Trinajstić information content (AvgIpc) is 3.18. The zero-order chi connectivity index (χ0) is 15.7. The lowest BCUT2D eigenvalue weighted by Crippen LogP contribution is -2.31. The van der Waals surface area contributed by atoms with E-state index in [4.69, 9.17) is 9.47 Å². The van der Waals surface area contributed by atoms with Crippen LogP contribution in [0.3, 0.4) is 0 Å². The van der Waals surface area contributed by atoms with Crippen molar-refractivity contribution in [3.8, 4) is 0 Å². The second-order valence-electron chi connectivity index (χ2n) is 5.00. The Bertz CT molecular complexity index is 697. The molecule has 0 bridgehead atoms. The van der Waals surface area contributed by atoms with E-state index in [1.807, 2.05) is 0 Å². The van der Waals surface area contributed by atoms with Crippen molar-refractivity contribution in [1.29, 1.82) is 0 Å². The van der Waals surface area contributed by atoms with Gasteiger partial charge in [0.15, 0.2) is 5.78 Å². The van der Waals surface area contributed by atoms with Gasteiger partial charge in [0.05, 0.1) is 36.1 Å². The van der Waals surface area contributed by atoms with Crippen LogP contribution in [0.25, 0.3) is 0 Å². The summed E-state index contributed by atoms with van der Waals surface area (Å²) in [5.74, 6) is -0.746. The monoisotopic (exact) mass is 302 g/mol. The van der Waals surface area contributed by atoms with Crippen molar-refractivity contribution in [2.45, 2.75) is 12.6 Å². The Balaban J connectivity index is 1.76. The van der Waals surface area contributed by atoms with E-state index in [2.05, 4.69) is 11.9 Å². The van der Waals surface area contributed by atoms with E-state index in [0.29, 0.717) is 18.7 Å². The van der Waals surface area contributed by atoms with E-state index in [1.54, 1.807) is 17.0 Å². The van der Waals surface area contributed by atoms with Gasteiger partial charge in [0, 0.05) is 18.5 Å². The summed E-state index contributed by atoms with van der Waals surface area (Å²) in [5.41, 5.74) is 0.509. The van der Waals surface area contributed by atoms with E-state index < -0.39 is 11.9 Å². The summed E-state index contributed by atoms with van der Waals surface area (Å²) < 4.78 is 11.6. The number of rotatable bonds is 5. The van der Waals surface area contributed by atoms with Gasteiger partial charge in [-0.25, -0.2) is 4.79 Å². The fourth-order valence-electron chi connectivity index (χ4n) is 2.19. The van der Waals surface area contributed by atoms with Crippen LogP contribution in [0, 0.1) is 0 Å². The summed E-state index contributed by atoms with van der Waals surface area (Å²) in [6, 6.07) is 0. The first-order valence-electron chi connectivity index (χ1n) is 6.75. The van der Waals surface area contributed by atoms with Crippen molar-refractivity contribution in [3.05, 3.63) is 47.9 Å². The highest BCUT2D eigenvalue weighted by molar-refractivity contribution is 6.25. The summed E-state index contributed by atoms with van der Waals surface area (Å²) >= 11 is 0. The summed E-state index contributed by atoms with van der Waals surface area (Å²) in [6.07, 6.45) is 5.07. The molecule has 1 aromatic rings. The maximum atomic E-state index is 12.3. The van der Waals surface area contributed by atoms with Gasteiger partial charge in [0.1, 0.15) is 6.61 Å². The molecule has 1 N–H and O–H groups in total. The fraction of sp³-hybridized carbons (Fsp3) is 0.267. The number of Topliss-reactive ketones (excluding diaryl/α,β-unsaturated/α-hetero) is 1. The Morgan fingerprint density at radius 3 is 2.86 bits per heavy atom. The van der Waals surface area contributed by atoms with E-state index in [-0.39, 0.29) is 29.8 Å². The Labute approximate surface area is 126 Å². The minimum absolute atomic E-state index is 0.0181. The molecule has 2 heterocycles. The minimum Gasteiger partial charge on any atom is -0.445 e. The molecule has 1 fully saturated rings. The lowest BCUT2D eigenvalue weighted by molar-refractivity contribution is 0.0975. The quantitative estimate of drug-likeness (QED) is 0.649. The second kappa shape index (κ2) is 5.61. The number of carbonyl (C=O) groups excluding carboxylic acids is 3. The second-order valence-corrected chi connectivity index (χ2v) is 5.00. The van der Waals surface area contributed by atoms with Crippen LogP contribution in [0.5, 0.6) is 0 Å². The number of alkyl carbamates (subject to hydrolysis) is 1. The summed E-state index contributed by atoms with van der Waals surface area (Å²) in [7, 11) is 0. The number of epoxide rings is 1. The number of allylic oxidation sites excluding steroid dienone is 2. The van der Waals surface area contributed by atoms with Gasteiger partial charge in [0.2, 0.25) is 5.78 Å². The molecule has 7 nitrogen and oxygen atoms in total. The molecule has 2 aliphatic rings. The van der Waals surface area contributed by atoms with Crippen molar-refractivity contribution in [2.75, 3.05) is 13.2 Å². The average molecular weight is 302 g/mol. The molecule has 7 heteroatoms. The number of hydrogen-bond donors (Lipinski definition) is 1. The molecule has 0 aromatic carbocycles. The third kappa shape index (κ3) is 2.84. The van der Waals surface area contributed by atoms with Crippen molar-refractivity contribution in [1.82, 2.24) is 9.88 Å². The van der Waals surface area contributed by atoms with Crippen molar-refractivity contribution in [3.63, 3.8) is 0 Å². The third-order valence-corrected chi connectivity index (χ3v) is 3.30. The highest BCUT2D eigenvalue weighted by Crippen LogP contribution is 2.23. The number of nitrogens with one attached hydrogen (secondary N) is 1. The van der Waals surface area contributed by atoms with Gasteiger partial charge in [0.25, 0.3) is 0 Å². The van der Waals surface area contributed by atoms with Gasteiger partial charge in [-0.3, -0.25) is 14.9 Å². The first kappa shape index (κ1) is 14.3. The van der Waals surface area contributed by atoms with Gasteiger partial charge in [-0.2, -0.15) is 0 Å². The highest BCUT2D eigenvalue weighted by Gasteiger charge is 2.30. The van der Waals surface area contributed by atoms with E-state index >= 15 is 0 Å². The van der Waals surface area contributed by atoms with Gasteiger partial charge >= 0.3 is 6.09 Å². The van der Waals surface area contributed by atoms with Gasteiger partial charge in [-0.05, 0) is 0 Å². The molecule has 22 heavy (non-hydrogen) atoms. The Kier molecular flexibility index (Phi) is 3.64. The summed E-state index contributed by atoms with van der Waals surface area (Å²) in [4.78, 5) is 35.9. The Morgan fingerprint density at radius 2 is 2.18 bits per heavy atom. The first-order valence-corrected chi connectivity index (χ1v) is 6.75. The predicted molar refractivity (Wildman–Crippen MR) is 75.6 cm³/mol. The predicted octanol–water partition coefficient (Wildman–Crippen LogP) is 1.06. The zero-order valence-electron chi connectivity index (χ0n) is 11.7. The molecular formula is C15H14N2O5. The van der Waals surface area contributed by atoms with Crippen LogP contribution in [-0.2, 0) is 16.0 Å². The molecule has 0 spiro atoms. The topological polar surface area (TPSA) is 89.9 Å². The number of fused-ring (bicyclic) bond motifs is 1. The SMILES string of the molecule is C=CCOC(=O)NC1=CC(=O)c2cn(CC3CO3)cc2C1=O. The molecule has 0 radical (unpaired) electrons. The van der Waals surface area contributed by atoms with Gasteiger partial charge < -0.3 is 14.0 Å². The molecule has 1 unspecified atom stereocenters. The number of hydrogen-bond acceptors (Lipinski definition) is 5. The molecular weight excluding hydrogens is 288 g/mol. The van der Waals surface area contributed by atoms with Crippen LogP contribution in [-0.4, -0.2) is 41.5 Å². The molecule has 1 aliphatic heterocycles. The van der Waals surface area contributed by atoms with Crippen LogP contribution >= 0.6 is 0 Å². The number of carbonyl (C=O) groups is 3. The number of ether oxygens (including phenoxy) is 2. The largest absolute Gasteiger partial charge is 0.445 e.